The lowest BCUT2D eigenvalue weighted by molar-refractivity contribution is -0.141. The van der Waals surface area contributed by atoms with Crippen LogP contribution in [0.3, 0.4) is 0 Å². The second kappa shape index (κ2) is 4.82. The fraction of sp³-hybridized carbons (Fsp3) is 0.455. The van der Waals surface area contributed by atoms with E-state index >= 15 is 0 Å². The zero-order valence-electron chi connectivity index (χ0n) is 9.84. The number of alkyl halides is 3. The number of aliphatic hydroxyl groups is 1. The van der Waals surface area contributed by atoms with Crippen LogP contribution in [0.4, 0.5) is 19.0 Å². The van der Waals surface area contributed by atoms with Gasteiger partial charge in [-0.25, -0.2) is 4.98 Å². The van der Waals surface area contributed by atoms with E-state index in [0.29, 0.717) is 0 Å². The van der Waals surface area contributed by atoms with Gasteiger partial charge >= 0.3 is 6.18 Å². The maximum absolute atomic E-state index is 12.5. The van der Waals surface area contributed by atoms with E-state index in [2.05, 4.69) is 10.3 Å². The Bertz CT molecular complexity index is 472. The average molecular weight is 259 g/mol. The number of halogens is 3. The van der Waals surface area contributed by atoms with Gasteiger partial charge in [0.05, 0.1) is 11.2 Å². The van der Waals surface area contributed by atoms with E-state index in [1.165, 1.54) is 13.8 Å². The van der Waals surface area contributed by atoms with Gasteiger partial charge in [0.25, 0.3) is 0 Å². The van der Waals surface area contributed by atoms with Crippen LogP contribution < -0.4 is 5.32 Å². The number of aromatic nitrogens is 1. The Morgan fingerprint density at radius 3 is 2.44 bits per heavy atom. The van der Waals surface area contributed by atoms with Crippen molar-refractivity contribution in [1.29, 1.82) is 5.26 Å². The molecule has 18 heavy (non-hydrogen) atoms. The molecule has 0 amide bonds. The summed E-state index contributed by atoms with van der Waals surface area (Å²) < 4.78 is 37.4. The number of rotatable bonds is 3. The molecule has 1 aromatic heterocycles. The number of pyridine rings is 1. The maximum Gasteiger partial charge on any atom is 0.433 e. The minimum atomic E-state index is -4.57. The lowest BCUT2D eigenvalue weighted by Crippen LogP contribution is -2.30. The van der Waals surface area contributed by atoms with Gasteiger partial charge < -0.3 is 10.4 Å². The molecule has 0 saturated carbocycles. The van der Waals surface area contributed by atoms with Crippen molar-refractivity contribution >= 4 is 5.82 Å². The van der Waals surface area contributed by atoms with Crippen LogP contribution in [0.1, 0.15) is 25.1 Å². The zero-order valence-corrected chi connectivity index (χ0v) is 9.84. The van der Waals surface area contributed by atoms with Crippen molar-refractivity contribution in [2.45, 2.75) is 25.6 Å². The number of hydrogen-bond donors (Lipinski definition) is 2. The van der Waals surface area contributed by atoms with Crippen LogP contribution >= 0.6 is 0 Å². The molecule has 7 heteroatoms. The molecule has 1 rings (SSSR count). The van der Waals surface area contributed by atoms with Crippen LogP contribution in [0.5, 0.6) is 0 Å². The van der Waals surface area contributed by atoms with Crippen molar-refractivity contribution in [2.75, 3.05) is 11.9 Å². The summed E-state index contributed by atoms with van der Waals surface area (Å²) in [7, 11) is 0. The molecular weight excluding hydrogens is 247 g/mol. The summed E-state index contributed by atoms with van der Waals surface area (Å²) >= 11 is 0. The van der Waals surface area contributed by atoms with Gasteiger partial charge in [-0.3, -0.25) is 0 Å². The smallest absolute Gasteiger partial charge is 0.389 e. The van der Waals surface area contributed by atoms with E-state index in [-0.39, 0.29) is 17.9 Å². The van der Waals surface area contributed by atoms with Gasteiger partial charge in [-0.2, -0.15) is 18.4 Å². The molecule has 0 aliphatic heterocycles. The molecule has 0 aromatic carbocycles. The quantitative estimate of drug-likeness (QED) is 0.872. The van der Waals surface area contributed by atoms with Crippen molar-refractivity contribution < 1.29 is 18.3 Å². The van der Waals surface area contributed by atoms with E-state index in [1.807, 2.05) is 0 Å². The largest absolute Gasteiger partial charge is 0.433 e. The summed E-state index contributed by atoms with van der Waals surface area (Å²) in [4.78, 5) is 3.35. The molecule has 1 heterocycles. The molecule has 0 unspecified atom stereocenters. The summed E-state index contributed by atoms with van der Waals surface area (Å²) in [6.45, 7) is 2.95. The van der Waals surface area contributed by atoms with Gasteiger partial charge in [-0.05, 0) is 26.0 Å². The molecule has 0 aliphatic carbocycles. The highest BCUT2D eigenvalue weighted by molar-refractivity contribution is 5.52. The summed E-state index contributed by atoms with van der Waals surface area (Å²) in [5.41, 5.74) is -2.21. The number of nitrogens with zero attached hydrogens (tertiary/aromatic N) is 2. The Balaban J connectivity index is 3.05. The van der Waals surface area contributed by atoms with Crippen molar-refractivity contribution in [1.82, 2.24) is 4.98 Å². The lowest BCUT2D eigenvalue weighted by Gasteiger charge is -2.19. The van der Waals surface area contributed by atoms with Gasteiger partial charge in [-0.15, -0.1) is 0 Å². The molecule has 1 aromatic rings. The predicted octanol–water partition coefficient (Wildman–Crippen LogP) is 2.15. The average Bonchev–Trinajstić information content (AvgIpc) is 2.23. The second-order valence-corrected chi connectivity index (χ2v) is 4.37. The minimum absolute atomic E-state index is 0.00718. The molecule has 0 bridgehead atoms. The van der Waals surface area contributed by atoms with E-state index in [0.717, 1.165) is 12.1 Å². The number of nitrogens with one attached hydrogen (secondary N) is 1. The Morgan fingerprint density at radius 1 is 1.39 bits per heavy atom. The standard InChI is InChI=1S/C11H12F3N3O/c1-10(2,18)6-16-9-7(5-15)3-4-8(17-9)11(12,13)14/h3-4,18H,6H2,1-2H3,(H,16,17). The molecule has 98 valence electrons. The Labute approximate surface area is 102 Å². The van der Waals surface area contributed by atoms with Crippen molar-refractivity contribution in [3.8, 4) is 6.07 Å². The minimum Gasteiger partial charge on any atom is -0.389 e. The third kappa shape index (κ3) is 3.89. The van der Waals surface area contributed by atoms with Crippen LogP contribution in [0, 0.1) is 11.3 Å². The third-order valence-corrected chi connectivity index (χ3v) is 1.99. The van der Waals surface area contributed by atoms with Gasteiger partial charge in [0.1, 0.15) is 17.6 Å². The molecular formula is C11H12F3N3O. The predicted molar refractivity (Wildman–Crippen MR) is 58.7 cm³/mol. The third-order valence-electron chi connectivity index (χ3n) is 1.99. The van der Waals surface area contributed by atoms with Crippen LogP contribution in [0.2, 0.25) is 0 Å². The first-order valence-corrected chi connectivity index (χ1v) is 5.08. The van der Waals surface area contributed by atoms with Gasteiger partial charge in [0, 0.05) is 6.54 Å². The molecule has 0 radical (unpaired) electrons. The SMILES string of the molecule is CC(C)(O)CNc1nc(C(F)(F)F)ccc1C#N. The van der Waals surface area contributed by atoms with Crippen molar-refractivity contribution in [3.05, 3.63) is 23.4 Å². The number of nitriles is 1. The molecule has 0 aliphatic rings. The van der Waals surface area contributed by atoms with E-state index in [1.54, 1.807) is 6.07 Å². The number of hydrogen-bond acceptors (Lipinski definition) is 4. The Morgan fingerprint density at radius 2 is 2.00 bits per heavy atom. The van der Waals surface area contributed by atoms with E-state index in [9.17, 15) is 18.3 Å². The first kappa shape index (κ1) is 14.3. The highest BCUT2D eigenvalue weighted by Crippen LogP contribution is 2.29. The fourth-order valence-corrected chi connectivity index (χ4v) is 1.14. The number of anilines is 1. The van der Waals surface area contributed by atoms with Crippen LogP contribution in [0.15, 0.2) is 12.1 Å². The normalized spacial score (nSPS) is 12.1. The lowest BCUT2D eigenvalue weighted by atomic mass is 10.1. The van der Waals surface area contributed by atoms with Crippen LogP contribution in [0.25, 0.3) is 0 Å². The van der Waals surface area contributed by atoms with Gasteiger partial charge in [0.2, 0.25) is 0 Å². The summed E-state index contributed by atoms with van der Waals surface area (Å²) in [5.74, 6) is -0.186. The molecule has 0 fully saturated rings. The summed E-state index contributed by atoms with van der Waals surface area (Å²) in [6.07, 6.45) is -4.57. The van der Waals surface area contributed by atoms with Crippen LogP contribution in [-0.2, 0) is 6.18 Å². The van der Waals surface area contributed by atoms with Crippen LogP contribution in [-0.4, -0.2) is 22.2 Å². The molecule has 2 N–H and O–H groups in total. The Kier molecular flexibility index (Phi) is 3.82. The molecule has 0 atom stereocenters. The summed E-state index contributed by atoms with van der Waals surface area (Å²) in [5, 5.41) is 20.8. The van der Waals surface area contributed by atoms with E-state index < -0.39 is 17.5 Å². The van der Waals surface area contributed by atoms with Gasteiger partial charge in [0.15, 0.2) is 0 Å². The molecule has 4 nitrogen and oxygen atoms in total. The highest BCUT2D eigenvalue weighted by atomic mass is 19.4. The monoisotopic (exact) mass is 259 g/mol. The first-order chi connectivity index (χ1) is 8.13. The zero-order chi connectivity index (χ0) is 14.0. The Hall–Kier alpha value is -1.81. The second-order valence-electron chi connectivity index (χ2n) is 4.37. The van der Waals surface area contributed by atoms with Gasteiger partial charge in [-0.1, -0.05) is 0 Å². The summed E-state index contributed by atoms with van der Waals surface area (Å²) in [6, 6.07) is 3.52. The maximum atomic E-state index is 12.5. The fourth-order valence-electron chi connectivity index (χ4n) is 1.14. The molecule has 0 saturated heterocycles. The first-order valence-electron chi connectivity index (χ1n) is 5.08. The molecule has 0 spiro atoms. The van der Waals surface area contributed by atoms with E-state index in [4.69, 9.17) is 5.26 Å². The highest BCUT2D eigenvalue weighted by Gasteiger charge is 2.33. The van der Waals surface area contributed by atoms with Crippen molar-refractivity contribution in [3.63, 3.8) is 0 Å². The topological polar surface area (TPSA) is 68.9 Å². The van der Waals surface area contributed by atoms with Crippen molar-refractivity contribution in [2.24, 2.45) is 0 Å².